The lowest BCUT2D eigenvalue weighted by molar-refractivity contribution is -0.145. The predicted molar refractivity (Wildman–Crippen MR) is 106 cm³/mol. The van der Waals surface area contributed by atoms with E-state index in [4.69, 9.17) is 9.16 Å². The summed E-state index contributed by atoms with van der Waals surface area (Å²) in [6.45, 7) is 8.66. The molecule has 2 aromatic carbocycles. The van der Waals surface area contributed by atoms with Gasteiger partial charge in [-0.05, 0) is 47.5 Å². The highest BCUT2D eigenvalue weighted by atomic mass is 28.4. The molecule has 0 unspecified atom stereocenters. The number of benzene rings is 2. The number of rotatable bonds is 8. The fraction of sp³-hybridized carbons (Fsp3) is 0.476. The standard InChI is InChI=1S/C21H30O3Si/c1-6-25(7-2,8-3)24-21(4,16-20(22)23-5)19-14-13-17-11-9-10-12-18(17)15-19/h9-15H,6-8,16H2,1-5H3/t21-/m0/s1. The van der Waals surface area contributed by atoms with Crippen molar-refractivity contribution in [2.45, 2.75) is 57.8 Å². The van der Waals surface area contributed by atoms with Crippen LogP contribution in [0.1, 0.15) is 39.7 Å². The number of carbonyl (C=O) groups excluding carboxylic acids is 1. The van der Waals surface area contributed by atoms with Crippen molar-refractivity contribution in [3.05, 3.63) is 48.0 Å². The largest absolute Gasteiger partial charge is 0.469 e. The number of hydrogen-bond donors (Lipinski definition) is 0. The monoisotopic (exact) mass is 358 g/mol. The highest BCUT2D eigenvalue weighted by Crippen LogP contribution is 2.38. The van der Waals surface area contributed by atoms with Gasteiger partial charge in [0.1, 0.15) is 0 Å². The SMILES string of the molecule is CC[Si](CC)(CC)O[C@@](C)(CC(=O)OC)c1ccc2ccccc2c1. The van der Waals surface area contributed by atoms with Gasteiger partial charge in [-0.1, -0.05) is 57.2 Å². The Labute approximate surface area is 152 Å². The normalized spacial score (nSPS) is 14.3. The minimum atomic E-state index is -1.89. The van der Waals surface area contributed by atoms with Gasteiger partial charge in [0.25, 0.3) is 0 Å². The number of methoxy groups -OCH3 is 1. The third-order valence-electron chi connectivity index (χ3n) is 5.44. The molecule has 0 aliphatic carbocycles. The maximum atomic E-state index is 12.1. The number of carbonyl (C=O) groups is 1. The minimum absolute atomic E-state index is 0.233. The lowest BCUT2D eigenvalue weighted by atomic mass is 9.91. The van der Waals surface area contributed by atoms with Crippen LogP contribution in [0.25, 0.3) is 10.8 Å². The van der Waals surface area contributed by atoms with E-state index < -0.39 is 13.9 Å². The van der Waals surface area contributed by atoms with Crippen molar-refractivity contribution >= 4 is 25.1 Å². The second-order valence-corrected chi connectivity index (χ2v) is 11.6. The molecule has 0 aromatic heterocycles. The Morgan fingerprint density at radius 3 is 2.16 bits per heavy atom. The third-order valence-corrected chi connectivity index (χ3v) is 10.2. The molecule has 4 heteroatoms. The summed E-state index contributed by atoms with van der Waals surface area (Å²) in [5, 5.41) is 2.35. The number of hydrogen-bond acceptors (Lipinski definition) is 3. The first-order valence-corrected chi connectivity index (χ1v) is 11.7. The van der Waals surface area contributed by atoms with E-state index in [2.05, 4.69) is 51.1 Å². The summed E-state index contributed by atoms with van der Waals surface area (Å²) < 4.78 is 11.8. The molecule has 0 fully saturated rings. The molecule has 0 radical (unpaired) electrons. The van der Waals surface area contributed by atoms with Crippen LogP contribution in [0.4, 0.5) is 0 Å². The average molecular weight is 359 g/mol. The molecule has 0 saturated heterocycles. The fourth-order valence-corrected chi connectivity index (χ4v) is 6.59. The topological polar surface area (TPSA) is 35.5 Å². The predicted octanol–water partition coefficient (Wildman–Crippen LogP) is 5.64. The van der Waals surface area contributed by atoms with E-state index in [0.29, 0.717) is 0 Å². The van der Waals surface area contributed by atoms with E-state index >= 15 is 0 Å². The maximum absolute atomic E-state index is 12.1. The Morgan fingerprint density at radius 1 is 1.00 bits per heavy atom. The van der Waals surface area contributed by atoms with Gasteiger partial charge in [-0.2, -0.15) is 0 Å². The van der Waals surface area contributed by atoms with Crippen molar-refractivity contribution in [2.24, 2.45) is 0 Å². The molecule has 0 N–H and O–H groups in total. The summed E-state index contributed by atoms with van der Waals surface area (Å²) in [6, 6.07) is 17.8. The minimum Gasteiger partial charge on any atom is -0.469 e. The molecular formula is C21H30O3Si. The first kappa shape index (κ1) is 19.7. The Morgan fingerprint density at radius 2 is 1.60 bits per heavy atom. The molecule has 0 aliphatic heterocycles. The van der Waals surface area contributed by atoms with Gasteiger partial charge >= 0.3 is 5.97 Å². The van der Waals surface area contributed by atoms with E-state index in [0.717, 1.165) is 29.1 Å². The lowest BCUT2D eigenvalue weighted by Gasteiger charge is -2.40. The molecule has 1 atom stereocenters. The van der Waals surface area contributed by atoms with Crippen LogP contribution in [0.5, 0.6) is 0 Å². The molecule has 2 aromatic rings. The summed E-state index contributed by atoms with van der Waals surface area (Å²) in [5.74, 6) is -0.234. The number of fused-ring (bicyclic) bond motifs is 1. The second-order valence-electron chi connectivity index (χ2n) is 6.89. The number of ether oxygens (including phenoxy) is 1. The van der Waals surface area contributed by atoms with Crippen molar-refractivity contribution in [1.82, 2.24) is 0 Å². The molecule has 25 heavy (non-hydrogen) atoms. The van der Waals surface area contributed by atoms with Crippen LogP contribution in [0.2, 0.25) is 18.1 Å². The summed E-state index contributed by atoms with van der Waals surface area (Å²) in [7, 11) is -0.453. The van der Waals surface area contributed by atoms with Crippen LogP contribution in [-0.4, -0.2) is 21.4 Å². The highest BCUT2D eigenvalue weighted by molar-refractivity contribution is 6.73. The first-order valence-electron chi connectivity index (χ1n) is 9.18. The fourth-order valence-electron chi connectivity index (χ4n) is 3.51. The third kappa shape index (κ3) is 4.31. The molecule has 0 bridgehead atoms. The van der Waals surface area contributed by atoms with Crippen LogP contribution in [-0.2, 0) is 19.6 Å². The lowest BCUT2D eigenvalue weighted by Crippen LogP contribution is -2.45. The molecule has 2 rings (SSSR count). The smallest absolute Gasteiger partial charge is 0.308 e. The van der Waals surface area contributed by atoms with Gasteiger partial charge in [0, 0.05) is 0 Å². The average Bonchev–Trinajstić information content (AvgIpc) is 2.65. The van der Waals surface area contributed by atoms with Gasteiger partial charge in [0.2, 0.25) is 0 Å². The zero-order valence-corrected chi connectivity index (χ0v) is 17.1. The van der Waals surface area contributed by atoms with Gasteiger partial charge in [-0.15, -0.1) is 0 Å². The highest BCUT2D eigenvalue weighted by Gasteiger charge is 2.40. The van der Waals surface area contributed by atoms with E-state index in [1.807, 2.05) is 19.1 Å². The van der Waals surface area contributed by atoms with Crippen molar-refractivity contribution in [3.8, 4) is 0 Å². The Balaban J connectivity index is 2.50. The summed E-state index contributed by atoms with van der Waals surface area (Å²) in [5.41, 5.74) is 0.384. The summed E-state index contributed by atoms with van der Waals surface area (Å²) in [6.07, 6.45) is 0.233. The molecule has 0 aliphatic rings. The van der Waals surface area contributed by atoms with E-state index in [1.54, 1.807) is 0 Å². The number of esters is 1. The second kappa shape index (κ2) is 8.15. The van der Waals surface area contributed by atoms with Crippen LogP contribution in [0, 0.1) is 0 Å². The molecule has 0 amide bonds. The quantitative estimate of drug-likeness (QED) is 0.452. The Bertz CT molecular complexity index is 716. The van der Waals surface area contributed by atoms with E-state index in [1.165, 1.54) is 12.5 Å². The summed E-state index contributed by atoms with van der Waals surface area (Å²) in [4.78, 5) is 12.1. The molecule has 3 nitrogen and oxygen atoms in total. The zero-order valence-electron chi connectivity index (χ0n) is 16.1. The van der Waals surface area contributed by atoms with Gasteiger partial charge < -0.3 is 9.16 Å². The van der Waals surface area contributed by atoms with Gasteiger partial charge in [0.05, 0.1) is 19.1 Å². The van der Waals surface area contributed by atoms with Gasteiger partial charge in [0.15, 0.2) is 8.32 Å². The molecule has 0 spiro atoms. The van der Waals surface area contributed by atoms with Crippen molar-refractivity contribution < 1.29 is 14.0 Å². The van der Waals surface area contributed by atoms with Gasteiger partial charge in [-0.25, -0.2) is 0 Å². The maximum Gasteiger partial charge on any atom is 0.308 e. The van der Waals surface area contributed by atoms with Crippen molar-refractivity contribution in [3.63, 3.8) is 0 Å². The molecule has 0 heterocycles. The van der Waals surface area contributed by atoms with Gasteiger partial charge in [-0.3, -0.25) is 4.79 Å². The van der Waals surface area contributed by atoms with Crippen molar-refractivity contribution in [2.75, 3.05) is 7.11 Å². The molecule has 136 valence electrons. The van der Waals surface area contributed by atoms with Crippen LogP contribution >= 0.6 is 0 Å². The Kier molecular flexibility index (Phi) is 6.41. The van der Waals surface area contributed by atoms with Crippen LogP contribution in [0.15, 0.2) is 42.5 Å². The zero-order chi connectivity index (χ0) is 18.5. The van der Waals surface area contributed by atoms with E-state index in [-0.39, 0.29) is 12.4 Å². The van der Waals surface area contributed by atoms with E-state index in [9.17, 15) is 4.79 Å². The van der Waals surface area contributed by atoms with Crippen LogP contribution < -0.4 is 0 Å². The van der Waals surface area contributed by atoms with Crippen molar-refractivity contribution in [1.29, 1.82) is 0 Å². The molecular weight excluding hydrogens is 328 g/mol. The molecule has 0 saturated carbocycles. The van der Waals surface area contributed by atoms with Crippen LogP contribution in [0.3, 0.4) is 0 Å². The Hall–Kier alpha value is -1.65. The summed E-state index contributed by atoms with van der Waals surface area (Å²) >= 11 is 0. The first-order chi connectivity index (χ1) is 11.9.